The zero-order chi connectivity index (χ0) is 13.1. The molecule has 0 radical (unpaired) electrons. The van der Waals surface area contributed by atoms with Crippen LogP contribution in [0.3, 0.4) is 0 Å². The van der Waals surface area contributed by atoms with Crippen LogP contribution in [0.4, 0.5) is 5.95 Å². The van der Waals surface area contributed by atoms with Crippen molar-refractivity contribution in [1.82, 2.24) is 14.9 Å². The van der Waals surface area contributed by atoms with Gasteiger partial charge in [0.1, 0.15) is 4.47 Å². The van der Waals surface area contributed by atoms with Gasteiger partial charge in [0.15, 0.2) is 0 Å². The van der Waals surface area contributed by atoms with E-state index in [4.69, 9.17) is 4.74 Å². The first-order chi connectivity index (χ1) is 8.60. The number of aromatic nitrogens is 2. The number of likely N-dealkylation sites (tertiary alicyclic amines) is 1. The first-order valence-corrected chi connectivity index (χ1v) is 6.92. The van der Waals surface area contributed by atoms with E-state index in [1.807, 2.05) is 6.92 Å². The summed E-state index contributed by atoms with van der Waals surface area (Å²) in [5.41, 5.74) is 0.886. The van der Waals surface area contributed by atoms with Gasteiger partial charge in [0, 0.05) is 6.04 Å². The number of hydrogen-bond acceptors (Lipinski definition) is 5. The molecule has 0 spiro atoms. The van der Waals surface area contributed by atoms with Crippen molar-refractivity contribution in [3.63, 3.8) is 0 Å². The summed E-state index contributed by atoms with van der Waals surface area (Å²) in [5.74, 6) is 1.24. The Labute approximate surface area is 116 Å². The maximum absolute atomic E-state index is 5.23. The molecule has 100 valence electrons. The van der Waals surface area contributed by atoms with Crippen molar-refractivity contribution < 1.29 is 4.74 Å². The fourth-order valence-electron chi connectivity index (χ4n) is 2.07. The van der Waals surface area contributed by atoms with E-state index in [9.17, 15) is 0 Å². The Bertz CT molecular complexity index is 419. The van der Waals surface area contributed by atoms with E-state index in [0.717, 1.165) is 36.1 Å². The van der Waals surface area contributed by atoms with Gasteiger partial charge in [0.05, 0.1) is 12.8 Å². The Morgan fingerprint density at radius 2 is 2.00 bits per heavy atom. The lowest BCUT2D eigenvalue weighted by atomic mass is 10.1. The summed E-state index contributed by atoms with van der Waals surface area (Å²) >= 11 is 3.42. The molecule has 1 aliphatic rings. The molecule has 1 aromatic rings. The monoisotopic (exact) mass is 314 g/mol. The zero-order valence-corrected chi connectivity index (χ0v) is 12.6. The first-order valence-electron chi connectivity index (χ1n) is 6.13. The molecular formula is C12H19BrN4O. The van der Waals surface area contributed by atoms with Gasteiger partial charge in [-0.3, -0.25) is 0 Å². The molecule has 6 heteroatoms. The van der Waals surface area contributed by atoms with E-state index < -0.39 is 0 Å². The van der Waals surface area contributed by atoms with Gasteiger partial charge in [0.2, 0.25) is 11.8 Å². The maximum atomic E-state index is 5.23. The van der Waals surface area contributed by atoms with Gasteiger partial charge in [-0.2, -0.15) is 4.98 Å². The lowest BCUT2D eigenvalue weighted by Gasteiger charge is -2.29. The molecule has 0 amide bonds. The van der Waals surface area contributed by atoms with Crippen molar-refractivity contribution in [1.29, 1.82) is 0 Å². The second-order valence-corrected chi connectivity index (χ2v) is 5.47. The molecule has 1 aliphatic heterocycles. The van der Waals surface area contributed by atoms with E-state index in [-0.39, 0.29) is 0 Å². The topological polar surface area (TPSA) is 50.3 Å². The summed E-state index contributed by atoms with van der Waals surface area (Å²) in [6.07, 6.45) is 2.24. The Kier molecular flexibility index (Phi) is 4.40. The van der Waals surface area contributed by atoms with Crippen LogP contribution in [0.25, 0.3) is 0 Å². The number of nitrogens with one attached hydrogen (secondary N) is 1. The molecule has 1 aromatic heterocycles. The Balaban J connectivity index is 2.07. The summed E-state index contributed by atoms with van der Waals surface area (Å²) in [5, 5.41) is 3.39. The highest BCUT2D eigenvalue weighted by Gasteiger charge is 2.18. The van der Waals surface area contributed by atoms with Crippen molar-refractivity contribution in [3.8, 4) is 5.88 Å². The van der Waals surface area contributed by atoms with Gasteiger partial charge in [-0.15, -0.1) is 0 Å². The fraction of sp³-hybridized carbons (Fsp3) is 0.667. The van der Waals surface area contributed by atoms with E-state index in [0.29, 0.717) is 17.9 Å². The molecule has 2 rings (SSSR count). The number of anilines is 1. The second-order valence-electron chi connectivity index (χ2n) is 4.68. The largest absolute Gasteiger partial charge is 0.480 e. The molecule has 0 unspecified atom stereocenters. The Morgan fingerprint density at radius 1 is 1.33 bits per heavy atom. The van der Waals surface area contributed by atoms with Crippen molar-refractivity contribution in [2.45, 2.75) is 25.8 Å². The highest BCUT2D eigenvalue weighted by atomic mass is 79.9. The number of halogens is 1. The molecule has 2 heterocycles. The standard InChI is InChI=1S/C12H19BrN4O/c1-8-10(13)11(18-3)16-12(14-8)15-9-4-6-17(2)7-5-9/h9H,4-7H2,1-3H3,(H,14,15,16). The van der Waals surface area contributed by atoms with Gasteiger partial charge in [-0.25, -0.2) is 4.98 Å². The van der Waals surface area contributed by atoms with Crippen LogP contribution in [0.5, 0.6) is 5.88 Å². The Hall–Kier alpha value is -0.880. The molecule has 0 aliphatic carbocycles. The molecule has 0 bridgehead atoms. The SMILES string of the molecule is COc1nc(NC2CCN(C)CC2)nc(C)c1Br. The van der Waals surface area contributed by atoms with Crippen LogP contribution in [0, 0.1) is 6.92 Å². The number of aryl methyl sites for hydroxylation is 1. The van der Waals surface area contributed by atoms with Crippen LogP contribution < -0.4 is 10.1 Å². The predicted molar refractivity (Wildman–Crippen MR) is 75.2 cm³/mol. The van der Waals surface area contributed by atoms with Crippen LogP contribution in [0.15, 0.2) is 4.47 Å². The number of ether oxygens (including phenoxy) is 1. The minimum Gasteiger partial charge on any atom is -0.480 e. The summed E-state index contributed by atoms with van der Waals surface area (Å²) < 4.78 is 6.04. The highest BCUT2D eigenvalue weighted by Crippen LogP contribution is 2.26. The van der Waals surface area contributed by atoms with Crippen molar-refractivity contribution in [3.05, 3.63) is 10.2 Å². The van der Waals surface area contributed by atoms with Crippen LogP contribution in [-0.4, -0.2) is 48.2 Å². The fourth-order valence-corrected chi connectivity index (χ4v) is 2.41. The van der Waals surface area contributed by atoms with Crippen LogP contribution in [0.1, 0.15) is 18.5 Å². The minimum absolute atomic E-state index is 0.450. The Morgan fingerprint density at radius 3 is 2.61 bits per heavy atom. The summed E-state index contributed by atoms with van der Waals surface area (Å²) in [4.78, 5) is 11.1. The van der Waals surface area contributed by atoms with Gasteiger partial charge in [-0.05, 0) is 55.8 Å². The predicted octanol–water partition coefficient (Wildman–Crippen LogP) is 2.06. The minimum atomic E-state index is 0.450. The molecular weight excluding hydrogens is 296 g/mol. The third kappa shape index (κ3) is 3.11. The van der Waals surface area contributed by atoms with Crippen LogP contribution in [-0.2, 0) is 0 Å². The third-order valence-electron chi connectivity index (χ3n) is 3.23. The summed E-state index contributed by atoms with van der Waals surface area (Å²) in [7, 11) is 3.77. The number of rotatable bonds is 3. The van der Waals surface area contributed by atoms with E-state index in [2.05, 4.69) is 43.2 Å². The highest BCUT2D eigenvalue weighted by molar-refractivity contribution is 9.10. The lowest BCUT2D eigenvalue weighted by molar-refractivity contribution is 0.263. The van der Waals surface area contributed by atoms with Gasteiger partial charge < -0.3 is 15.0 Å². The average Bonchev–Trinajstić information content (AvgIpc) is 2.36. The molecule has 0 saturated carbocycles. The normalized spacial score (nSPS) is 17.8. The number of piperidine rings is 1. The first kappa shape index (κ1) is 13.5. The lowest BCUT2D eigenvalue weighted by Crippen LogP contribution is -2.37. The number of nitrogens with zero attached hydrogens (tertiary/aromatic N) is 3. The van der Waals surface area contributed by atoms with E-state index in [1.54, 1.807) is 7.11 Å². The summed E-state index contributed by atoms with van der Waals surface area (Å²) in [6.45, 7) is 4.17. The zero-order valence-electron chi connectivity index (χ0n) is 11.0. The number of hydrogen-bond donors (Lipinski definition) is 1. The smallest absolute Gasteiger partial charge is 0.232 e. The maximum Gasteiger partial charge on any atom is 0.232 e. The molecule has 5 nitrogen and oxygen atoms in total. The van der Waals surface area contributed by atoms with E-state index >= 15 is 0 Å². The second kappa shape index (κ2) is 5.84. The van der Waals surface area contributed by atoms with Gasteiger partial charge >= 0.3 is 0 Å². The molecule has 1 fully saturated rings. The van der Waals surface area contributed by atoms with Gasteiger partial charge in [-0.1, -0.05) is 0 Å². The van der Waals surface area contributed by atoms with Gasteiger partial charge in [0.25, 0.3) is 0 Å². The van der Waals surface area contributed by atoms with Crippen molar-refractivity contribution >= 4 is 21.9 Å². The van der Waals surface area contributed by atoms with Crippen LogP contribution >= 0.6 is 15.9 Å². The average molecular weight is 315 g/mol. The van der Waals surface area contributed by atoms with E-state index in [1.165, 1.54) is 0 Å². The molecule has 1 saturated heterocycles. The molecule has 18 heavy (non-hydrogen) atoms. The molecule has 1 N–H and O–H groups in total. The summed E-state index contributed by atoms with van der Waals surface area (Å²) in [6, 6.07) is 0.450. The molecule has 0 atom stereocenters. The quantitative estimate of drug-likeness (QED) is 0.925. The number of methoxy groups -OCH3 is 1. The van der Waals surface area contributed by atoms with Crippen molar-refractivity contribution in [2.24, 2.45) is 0 Å². The van der Waals surface area contributed by atoms with Crippen LogP contribution in [0.2, 0.25) is 0 Å². The van der Waals surface area contributed by atoms with Crippen molar-refractivity contribution in [2.75, 3.05) is 32.6 Å². The molecule has 0 aromatic carbocycles. The third-order valence-corrected chi connectivity index (χ3v) is 4.14.